The molecule has 2 N–H and O–H groups in total. The molecule has 0 radical (unpaired) electrons. The summed E-state index contributed by atoms with van der Waals surface area (Å²) in [6, 6.07) is 0.284. The first-order chi connectivity index (χ1) is 7.46. The molecular weight excluding hydrogens is 200 g/mol. The number of carbonyl (C=O) groups excluding carboxylic acids is 1. The van der Waals surface area contributed by atoms with Gasteiger partial charge in [-0.15, -0.1) is 0 Å². The van der Waals surface area contributed by atoms with Crippen molar-refractivity contribution < 1.29 is 4.79 Å². The van der Waals surface area contributed by atoms with Crippen molar-refractivity contribution in [2.45, 2.75) is 53.0 Å². The van der Waals surface area contributed by atoms with E-state index in [4.69, 9.17) is 5.73 Å². The number of amides is 1. The molecule has 0 spiro atoms. The fourth-order valence-corrected chi connectivity index (χ4v) is 2.84. The van der Waals surface area contributed by atoms with Crippen LogP contribution in [-0.2, 0) is 4.79 Å². The summed E-state index contributed by atoms with van der Waals surface area (Å²) in [6.07, 6.45) is 2.95. The van der Waals surface area contributed by atoms with Gasteiger partial charge in [0.1, 0.15) is 0 Å². The smallest absolute Gasteiger partial charge is 0.230 e. The number of hydrogen-bond donors (Lipinski definition) is 1. The van der Waals surface area contributed by atoms with Crippen LogP contribution in [0.25, 0.3) is 0 Å². The number of nitrogens with two attached hydrogens (primary N) is 1. The monoisotopic (exact) mass is 226 g/mol. The van der Waals surface area contributed by atoms with Crippen LogP contribution in [0.15, 0.2) is 0 Å². The van der Waals surface area contributed by atoms with Gasteiger partial charge in [-0.2, -0.15) is 0 Å². The summed E-state index contributed by atoms with van der Waals surface area (Å²) in [5, 5.41) is 0. The van der Waals surface area contributed by atoms with E-state index in [-0.39, 0.29) is 17.4 Å². The van der Waals surface area contributed by atoms with E-state index in [1.165, 1.54) is 0 Å². The molecule has 1 aliphatic carbocycles. The summed E-state index contributed by atoms with van der Waals surface area (Å²) < 4.78 is 0. The highest BCUT2D eigenvalue weighted by atomic mass is 16.2. The quantitative estimate of drug-likeness (QED) is 0.779. The zero-order valence-electron chi connectivity index (χ0n) is 11.1. The van der Waals surface area contributed by atoms with Crippen LogP contribution < -0.4 is 5.73 Å². The van der Waals surface area contributed by atoms with Gasteiger partial charge in [0, 0.05) is 19.1 Å². The first-order valence-corrected chi connectivity index (χ1v) is 6.48. The maximum absolute atomic E-state index is 12.5. The molecule has 1 fully saturated rings. The highest BCUT2D eigenvalue weighted by Crippen LogP contribution is 2.46. The number of hydrogen-bond acceptors (Lipinski definition) is 2. The second-order valence-corrected chi connectivity index (χ2v) is 5.59. The van der Waals surface area contributed by atoms with Gasteiger partial charge in [0.2, 0.25) is 5.91 Å². The van der Waals surface area contributed by atoms with Crippen molar-refractivity contribution in [2.75, 3.05) is 13.1 Å². The first kappa shape index (κ1) is 13.5. The molecule has 1 rings (SSSR count). The van der Waals surface area contributed by atoms with Crippen molar-refractivity contribution in [2.24, 2.45) is 17.1 Å². The van der Waals surface area contributed by atoms with Crippen molar-refractivity contribution in [1.82, 2.24) is 4.90 Å². The molecular formula is C13H26N2O. The number of carbonyl (C=O) groups is 1. The average Bonchev–Trinajstić information content (AvgIpc) is 2.19. The molecule has 0 saturated heterocycles. The number of rotatable bonds is 5. The Kier molecular flexibility index (Phi) is 4.36. The third-order valence-corrected chi connectivity index (χ3v) is 3.67. The van der Waals surface area contributed by atoms with Crippen LogP contribution in [0.3, 0.4) is 0 Å². The molecule has 0 aromatic heterocycles. The lowest BCUT2D eigenvalue weighted by Crippen LogP contribution is -2.56. The van der Waals surface area contributed by atoms with E-state index in [0.29, 0.717) is 12.5 Å². The summed E-state index contributed by atoms with van der Waals surface area (Å²) >= 11 is 0. The van der Waals surface area contributed by atoms with Crippen LogP contribution >= 0.6 is 0 Å². The van der Waals surface area contributed by atoms with Gasteiger partial charge in [-0.1, -0.05) is 13.8 Å². The summed E-state index contributed by atoms with van der Waals surface area (Å²) in [6.45, 7) is 9.83. The van der Waals surface area contributed by atoms with Crippen LogP contribution in [0, 0.1) is 11.3 Å². The molecule has 0 heterocycles. The van der Waals surface area contributed by atoms with Gasteiger partial charge in [-0.25, -0.2) is 0 Å². The largest absolute Gasteiger partial charge is 0.340 e. The predicted molar refractivity (Wildman–Crippen MR) is 67.0 cm³/mol. The fourth-order valence-electron chi connectivity index (χ4n) is 2.84. The maximum atomic E-state index is 12.5. The third kappa shape index (κ3) is 2.40. The van der Waals surface area contributed by atoms with Crippen molar-refractivity contribution >= 4 is 5.91 Å². The van der Waals surface area contributed by atoms with Crippen LogP contribution in [0.5, 0.6) is 0 Å². The molecule has 0 aromatic rings. The molecule has 1 amide bonds. The topological polar surface area (TPSA) is 46.3 Å². The second-order valence-electron chi connectivity index (χ2n) is 5.59. The Bertz CT molecular complexity index is 244. The minimum absolute atomic E-state index is 0.237. The second kappa shape index (κ2) is 5.17. The van der Waals surface area contributed by atoms with Crippen molar-refractivity contribution in [1.29, 1.82) is 0 Å². The van der Waals surface area contributed by atoms with Crippen molar-refractivity contribution in [3.8, 4) is 0 Å². The van der Waals surface area contributed by atoms with Crippen molar-refractivity contribution in [3.63, 3.8) is 0 Å². The Morgan fingerprint density at radius 3 is 2.38 bits per heavy atom. The lowest BCUT2D eigenvalue weighted by Gasteiger charge is -2.47. The Morgan fingerprint density at radius 1 is 1.50 bits per heavy atom. The van der Waals surface area contributed by atoms with Gasteiger partial charge in [0.25, 0.3) is 0 Å². The lowest BCUT2D eigenvalue weighted by atomic mass is 9.61. The van der Waals surface area contributed by atoms with Crippen molar-refractivity contribution in [3.05, 3.63) is 0 Å². The highest BCUT2D eigenvalue weighted by Gasteiger charge is 2.49. The van der Waals surface area contributed by atoms with E-state index in [2.05, 4.69) is 27.7 Å². The lowest BCUT2D eigenvalue weighted by molar-refractivity contribution is -0.151. The summed E-state index contributed by atoms with van der Waals surface area (Å²) in [5.41, 5.74) is 5.58. The Balaban J connectivity index is 2.73. The molecule has 3 heteroatoms. The van der Waals surface area contributed by atoms with E-state index in [9.17, 15) is 4.79 Å². The molecule has 16 heavy (non-hydrogen) atoms. The van der Waals surface area contributed by atoms with Crippen LogP contribution in [0.1, 0.15) is 47.0 Å². The van der Waals surface area contributed by atoms with Gasteiger partial charge in [-0.3, -0.25) is 4.79 Å². The van der Waals surface area contributed by atoms with Crippen LogP contribution in [-0.4, -0.2) is 29.9 Å². The van der Waals surface area contributed by atoms with E-state index in [0.717, 1.165) is 25.8 Å². The standard InChI is InChI=1S/C13H26N2O/c1-5-6-15(10(2)3)12(16)13(9-14)7-11(4)8-13/h10-11H,5-9,14H2,1-4H3. The molecule has 94 valence electrons. The van der Waals surface area contributed by atoms with E-state index >= 15 is 0 Å². The Labute approximate surface area is 99.4 Å². The van der Waals surface area contributed by atoms with Gasteiger partial charge in [-0.05, 0) is 39.0 Å². The minimum Gasteiger partial charge on any atom is -0.340 e. The highest BCUT2D eigenvalue weighted by molar-refractivity contribution is 5.84. The van der Waals surface area contributed by atoms with E-state index < -0.39 is 0 Å². The third-order valence-electron chi connectivity index (χ3n) is 3.67. The molecule has 0 aliphatic heterocycles. The number of nitrogens with zero attached hydrogens (tertiary/aromatic N) is 1. The Morgan fingerprint density at radius 2 is 2.06 bits per heavy atom. The van der Waals surface area contributed by atoms with Gasteiger partial charge >= 0.3 is 0 Å². The molecule has 0 atom stereocenters. The first-order valence-electron chi connectivity index (χ1n) is 6.48. The van der Waals surface area contributed by atoms with Crippen LogP contribution in [0.4, 0.5) is 0 Å². The van der Waals surface area contributed by atoms with Crippen LogP contribution in [0.2, 0.25) is 0 Å². The predicted octanol–water partition coefficient (Wildman–Crippen LogP) is 2.01. The molecule has 0 unspecified atom stereocenters. The molecule has 3 nitrogen and oxygen atoms in total. The fraction of sp³-hybridized carbons (Fsp3) is 0.923. The van der Waals surface area contributed by atoms with E-state index in [1.54, 1.807) is 0 Å². The molecule has 0 aromatic carbocycles. The SMILES string of the molecule is CCCN(C(=O)C1(CN)CC(C)C1)C(C)C. The molecule has 1 saturated carbocycles. The summed E-state index contributed by atoms with van der Waals surface area (Å²) in [4.78, 5) is 14.5. The minimum atomic E-state index is -0.237. The zero-order valence-corrected chi connectivity index (χ0v) is 11.1. The van der Waals surface area contributed by atoms with Gasteiger partial charge in [0.15, 0.2) is 0 Å². The summed E-state index contributed by atoms with van der Waals surface area (Å²) in [7, 11) is 0. The van der Waals surface area contributed by atoms with Gasteiger partial charge < -0.3 is 10.6 Å². The van der Waals surface area contributed by atoms with E-state index in [1.807, 2.05) is 4.90 Å². The normalized spacial score (nSPS) is 29.0. The molecule has 0 bridgehead atoms. The average molecular weight is 226 g/mol. The zero-order chi connectivity index (χ0) is 12.3. The summed E-state index contributed by atoms with van der Waals surface area (Å²) in [5.74, 6) is 0.938. The Hall–Kier alpha value is -0.570. The van der Waals surface area contributed by atoms with Gasteiger partial charge in [0.05, 0.1) is 5.41 Å². The maximum Gasteiger partial charge on any atom is 0.230 e. The molecule has 1 aliphatic rings.